The third kappa shape index (κ3) is 5.75. The quantitative estimate of drug-likeness (QED) is 0.406. The number of thioether (sulfide) groups is 1. The highest BCUT2D eigenvalue weighted by molar-refractivity contribution is 8.00. The van der Waals surface area contributed by atoms with Crippen LogP contribution in [0.3, 0.4) is 0 Å². The van der Waals surface area contributed by atoms with Crippen molar-refractivity contribution in [2.75, 3.05) is 31.1 Å². The summed E-state index contributed by atoms with van der Waals surface area (Å²) >= 11 is 7.66. The number of anilines is 1. The Morgan fingerprint density at radius 1 is 1.04 bits per heavy atom. The summed E-state index contributed by atoms with van der Waals surface area (Å²) in [7, 11) is 0. The van der Waals surface area contributed by atoms with Gasteiger partial charge in [0, 0.05) is 53.2 Å². The Morgan fingerprint density at radius 3 is 2.30 bits per heavy atom. The summed E-state index contributed by atoms with van der Waals surface area (Å²) in [4.78, 5) is 16.1. The van der Waals surface area contributed by atoms with Gasteiger partial charge in [0.05, 0.1) is 0 Å². The van der Waals surface area contributed by atoms with E-state index >= 15 is 0 Å². The fourth-order valence-electron chi connectivity index (χ4n) is 3.13. The van der Waals surface area contributed by atoms with Gasteiger partial charge in [0.25, 0.3) is 0 Å². The summed E-state index contributed by atoms with van der Waals surface area (Å²) < 4.78 is 0. The summed E-state index contributed by atoms with van der Waals surface area (Å²) in [6.45, 7) is 3.30. The number of piperazine rings is 1. The van der Waals surface area contributed by atoms with E-state index in [1.54, 1.807) is 11.8 Å². The third-order valence-electron chi connectivity index (χ3n) is 4.77. The molecule has 0 saturated carbocycles. The molecule has 1 amide bonds. The van der Waals surface area contributed by atoms with Crippen molar-refractivity contribution < 1.29 is 4.79 Å². The van der Waals surface area contributed by atoms with Crippen LogP contribution in [-0.2, 0) is 11.2 Å². The molecule has 0 spiro atoms. The maximum atomic E-state index is 10.8. The molecule has 1 aliphatic rings. The maximum absolute atomic E-state index is 10.8. The Morgan fingerprint density at radius 2 is 1.70 bits per heavy atom. The van der Waals surface area contributed by atoms with Crippen LogP contribution in [0.25, 0.3) is 0 Å². The van der Waals surface area contributed by atoms with Crippen LogP contribution in [0.5, 0.6) is 0 Å². The van der Waals surface area contributed by atoms with E-state index in [-0.39, 0.29) is 5.25 Å². The summed E-state index contributed by atoms with van der Waals surface area (Å²) in [6.07, 6.45) is 4.32. The van der Waals surface area contributed by atoms with Crippen molar-refractivity contribution >= 4 is 41.7 Å². The number of benzene rings is 2. The monoisotopic (exact) mass is 401 g/mol. The van der Waals surface area contributed by atoms with Gasteiger partial charge in [0.15, 0.2) is 0 Å². The van der Waals surface area contributed by atoms with Crippen LogP contribution in [0.4, 0.5) is 5.69 Å². The first-order valence-electron chi connectivity index (χ1n) is 9.14. The van der Waals surface area contributed by atoms with Gasteiger partial charge in [-0.05, 0) is 54.8 Å². The van der Waals surface area contributed by atoms with Gasteiger partial charge in [-0.2, -0.15) is 0 Å². The fourth-order valence-corrected chi connectivity index (χ4v) is 4.20. The van der Waals surface area contributed by atoms with Crippen molar-refractivity contribution in [2.45, 2.75) is 23.0 Å². The van der Waals surface area contributed by atoms with Crippen molar-refractivity contribution in [3.05, 3.63) is 59.1 Å². The summed E-state index contributed by atoms with van der Waals surface area (Å²) in [5, 5.41) is 8.65. The number of hydrogen-bond acceptors (Lipinski definition) is 4. The smallest absolute Gasteiger partial charge is 0.209 e. The number of amides is 1. The van der Waals surface area contributed by atoms with Crippen LogP contribution < -0.4 is 4.90 Å². The number of nitrogens with one attached hydrogen (secondary N) is 1. The highest BCUT2D eigenvalue weighted by atomic mass is 35.5. The molecular formula is C21H24ClN3OS. The Kier molecular flexibility index (Phi) is 7.18. The number of halogens is 1. The van der Waals surface area contributed by atoms with Gasteiger partial charge in [-0.3, -0.25) is 4.79 Å². The molecule has 142 valence electrons. The van der Waals surface area contributed by atoms with Gasteiger partial charge >= 0.3 is 0 Å². The first-order chi connectivity index (χ1) is 13.2. The molecule has 0 radical (unpaired) electrons. The average Bonchev–Trinajstić information content (AvgIpc) is 2.73. The van der Waals surface area contributed by atoms with Crippen molar-refractivity contribution in [3.63, 3.8) is 0 Å². The van der Waals surface area contributed by atoms with Crippen LogP contribution in [0.2, 0.25) is 5.02 Å². The number of rotatable bonds is 8. The van der Waals surface area contributed by atoms with Gasteiger partial charge < -0.3 is 15.2 Å². The molecule has 4 nitrogen and oxygen atoms in total. The molecule has 2 aromatic rings. The van der Waals surface area contributed by atoms with Crippen LogP contribution in [0.1, 0.15) is 12.0 Å². The lowest BCUT2D eigenvalue weighted by molar-refractivity contribution is -0.118. The molecule has 1 heterocycles. The Labute approximate surface area is 170 Å². The normalized spacial score (nSPS) is 15.4. The molecule has 0 aromatic heterocycles. The van der Waals surface area contributed by atoms with Gasteiger partial charge in [-0.1, -0.05) is 23.7 Å². The molecule has 3 rings (SSSR count). The van der Waals surface area contributed by atoms with E-state index in [4.69, 9.17) is 17.0 Å². The fraction of sp³-hybridized carbons (Fsp3) is 0.333. The molecule has 1 saturated heterocycles. The molecule has 1 N–H and O–H groups in total. The number of nitrogens with zero attached hydrogens (tertiary/aromatic N) is 2. The second kappa shape index (κ2) is 9.81. The Hall–Kier alpha value is -1.98. The highest BCUT2D eigenvalue weighted by Crippen LogP contribution is 2.28. The predicted molar refractivity (Wildman–Crippen MR) is 114 cm³/mol. The van der Waals surface area contributed by atoms with E-state index in [2.05, 4.69) is 29.2 Å². The largest absolute Gasteiger partial charge is 0.368 e. The summed E-state index contributed by atoms with van der Waals surface area (Å²) in [5.41, 5.74) is 2.44. The van der Waals surface area contributed by atoms with Crippen LogP contribution >= 0.6 is 23.4 Å². The van der Waals surface area contributed by atoms with E-state index < -0.39 is 0 Å². The zero-order chi connectivity index (χ0) is 19.1. The van der Waals surface area contributed by atoms with Crippen LogP contribution in [0, 0.1) is 5.41 Å². The average molecular weight is 402 g/mol. The molecule has 0 bridgehead atoms. The highest BCUT2D eigenvalue weighted by Gasteiger charge is 2.16. The van der Waals surface area contributed by atoms with Gasteiger partial charge in [0.2, 0.25) is 6.41 Å². The molecule has 27 heavy (non-hydrogen) atoms. The minimum Gasteiger partial charge on any atom is -0.368 e. The first-order valence-corrected chi connectivity index (χ1v) is 10.4. The first kappa shape index (κ1) is 19.8. The molecule has 2 aromatic carbocycles. The second-order valence-corrected chi connectivity index (χ2v) is 8.36. The molecule has 1 fully saturated rings. The van der Waals surface area contributed by atoms with E-state index in [1.807, 2.05) is 29.2 Å². The Bertz CT molecular complexity index is 743. The lowest BCUT2D eigenvalue weighted by Gasteiger charge is -2.34. The number of aryl methyl sites for hydroxylation is 1. The van der Waals surface area contributed by atoms with E-state index in [9.17, 15) is 4.79 Å². The lowest BCUT2D eigenvalue weighted by atomic mass is 10.1. The van der Waals surface area contributed by atoms with Gasteiger partial charge in [0.1, 0.15) is 0 Å². The zero-order valence-corrected chi connectivity index (χ0v) is 16.8. The van der Waals surface area contributed by atoms with Gasteiger partial charge in [-0.25, -0.2) is 0 Å². The number of carbonyl (C=O) groups excluding carboxylic acids is 1. The summed E-state index contributed by atoms with van der Waals surface area (Å²) in [5.74, 6) is 0. The van der Waals surface area contributed by atoms with Crippen molar-refractivity contribution in [1.29, 1.82) is 5.41 Å². The standard InChI is InChI=1S/C21H24ClN3OS/c22-18-4-1-17(2-5-18)3-8-21(15-23)27-20-9-6-19(7-10-20)25-13-11-24(16-26)12-14-25/h1-2,4-7,9-10,15-16,21,23H,3,8,11-14H2. The molecule has 1 aliphatic heterocycles. The van der Waals surface area contributed by atoms with E-state index in [1.165, 1.54) is 22.4 Å². The SMILES string of the molecule is N=CC(CCc1ccc(Cl)cc1)Sc1ccc(N2CCN(C=O)CC2)cc1. The topological polar surface area (TPSA) is 47.4 Å². The summed E-state index contributed by atoms with van der Waals surface area (Å²) in [6, 6.07) is 16.5. The molecule has 1 atom stereocenters. The molecular weight excluding hydrogens is 378 g/mol. The van der Waals surface area contributed by atoms with Crippen molar-refractivity contribution in [3.8, 4) is 0 Å². The predicted octanol–water partition coefficient (Wildman–Crippen LogP) is 4.36. The van der Waals surface area contributed by atoms with Gasteiger partial charge in [-0.15, -0.1) is 11.8 Å². The van der Waals surface area contributed by atoms with E-state index in [0.29, 0.717) is 0 Å². The minimum atomic E-state index is 0.155. The molecule has 1 unspecified atom stereocenters. The maximum Gasteiger partial charge on any atom is 0.209 e. The van der Waals surface area contributed by atoms with Crippen molar-refractivity contribution in [1.82, 2.24) is 4.90 Å². The van der Waals surface area contributed by atoms with E-state index in [0.717, 1.165) is 50.5 Å². The lowest BCUT2D eigenvalue weighted by Crippen LogP contribution is -2.45. The zero-order valence-electron chi connectivity index (χ0n) is 15.2. The molecule has 6 heteroatoms. The number of hydrogen-bond donors (Lipinski definition) is 1. The van der Waals surface area contributed by atoms with Crippen LogP contribution in [-0.4, -0.2) is 49.0 Å². The van der Waals surface area contributed by atoms with Crippen LogP contribution in [0.15, 0.2) is 53.4 Å². The minimum absolute atomic E-state index is 0.155. The molecule has 0 aliphatic carbocycles. The number of carbonyl (C=O) groups is 1. The third-order valence-corrected chi connectivity index (χ3v) is 6.24. The second-order valence-electron chi connectivity index (χ2n) is 6.61. The van der Waals surface area contributed by atoms with Crippen molar-refractivity contribution in [2.24, 2.45) is 0 Å². The Balaban J connectivity index is 1.52.